The quantitative estimate of drug-likeness (QED) is 0.441. The third-order valence-electron chi connectivity index (χ3n) is 2.60. The van der Waals surface area contributed by atoms with E-state index in [-0.39, 0.29) is 11.2 Å². The number of ether oxygens (including phenoxy) is 1. The Morgan fingerprint density at radius 1 is 1.24 bits per heavy atom. The van der Waals surface area contributed by atoms with Crippen molar-refractivity contribution in [2.45, 2.75) is 63.8 Å². The molecule has 102 valence electrons. The number of hydrogen-bond acceptors (Lipinski definition) is 3. The predicted octanol–water partition coefficient (Wildman–Crippen LogP) is 3.98. The Morgan fingerprint density at radius 3 is 2.41 bits per heavy atom. The largest absolute Gasteiger partial charge is 0.468 e. The molecule has 0 N–H and O–H groups in total. The second-order valence-corrected chi connectivity index (χ2v) is 5.51. The molecule has 4 heteroatoms. The van der Waals surface area contributed by atoms with Crippen LogP contribution >= 0.6 is 11.8 Å². The summed E-state index contributed by atoms with van der Waals surface area (Å²) in [4.78, 5) is 11.4. The maximum Gasteiger partial charge on any atom is 0.318 e. The Balaban J connectivity index is 3.71. The number of rotatable bonds is 10. The van der Waals surface area contributed by atoms with Crippen LogP contribution in [-0.4, -0.2) is 30.3 Å². The van der Waals surface area contributed by atoms with Crippen molar-refractivity contribution < 1.29 is 13.9 Å². The number of esters is 1. The van der Waals surface area contributed by atoms with E-state index in [1.807, 2.05) is 6.92 Å². The van der Waals surface area contributed by atoms with Gasteiger partial charge in [-0.2, -0.15) is 0 Å². The van der Waals surface area contributed by atoms with Crippen LogP contribution in [0.25, 0.3) is 0 Å². The van der Waals surface area contributed by atoms with Gasteiger partial charge in [0.05, 0.1) is 7.11 Å². The van der Waals surface area contributed by atoms with E-state index in [0.717, 1.165) is 31.4 Å². The van der Waals surface area contributed by atoms with Crippen LogP contribution in [0, 0.1) is 0 Å². The van der Waals surface area contributed by atoms with Gasteiger partial charge in [0.1, 0.15) is 11.4 Å². The summed E-state index contributed by atoms with van der Waals surface area (Å²) >= 11 is 1.60. The van der Waals surface area contributed by atoms with Crippen LogP contribution < -0.4 is 0 Å². The fourth-order valence-corrected chi connectivity index (χ4v) is 2.90. The lowest BCUT2D eigenvalue weighted by Crippen LogP contribution is -2.19. The lowest BCUT2D eigenvalue weighted by atomic mass is 10.1. The second-order valence-electron chi connectivity index (χ2n) is 4.20. The Bertz CT molecular complexity index is 200. The van der Waals surface area contributed by atoms with Crippen LogP contribution in [0.15, 0.2) is 0 Å². The fraction of sp³-hybridized carbons (Fsp3) is 0.923. The van der Waals surface area contributed by atoms with Gasteiger partial charge < -0.3 is 4.74 Å². The number of halogens is 1. The van der Waals surface area contributed by atoms with Crippen molar-refractivity contribution in [3.05, 3.63) is 0 Å². The van der Waals surface area contributed by atoms with Gasteiger partial charge in [0, 0.05) is 0 Å². The molecule has 2 nitrogen and oxygen atoms in total. The molecule has 2 unspecified atom stereocenters. The maximum absolute atomic E-state index is 13.2. The molecule has 0 spiro atoms. The van der Waals surface area contributed by atoms with E-state index in [4.69, 9.17) is 4.74 Å². The van der Waals surface area contributed by atoms with Crippen LogP contribution in [-0.2, 0) is 9.53 Å². The summed E-state index contributed by atoms with van der Waals surface area (Å²) in [5.74, 6) is 0.686. The number of methoxy groups -OCH3 is 1. The summed E-state index contributed by atoms with van der Waals surface area (Å²) in [5, 5.41) is -0.0748. The average Bonchev–Trinajstić information content (AvgIpc) is 2.32. The Kier molecular flexibility index (Phi) is 10.7. The zero-order chi connectivity index (χ0) is 13.1. The molecule has 0 aromatic heterocycles. The Morgan fingerprint density at radius 2 is 1.88 bits per heavy atom. The van der Waals surface area contributed by atoms with Gasteiger partial charge in [-0.05, 0) is 31.4 Å². The lowest BCUT2D eigenvalue weighted by molar-refractivity contribution is -0.140. The normalized spacial score (nSPS) is 14.4. The molecule has 0 bridgehead atoms. The smallest absolute Gasteiger partial charge is 0.318 e. The maximum atomic E-state index is 13.2. The molecule has 0 radical (unpaired) electrons. The van der Waals surface area contributed by atoms with Gasteiger partial charge in [0.25, 0.3) is 0 Å². The molecular weight excluding hydrogens is 239 g/mol. The van der Waals surface area contributed by atoms with Crippen molar-refractivity contribution in [2.24, 2.45) is 0 Å². The average molecular weight is 264 g/mol. The van der Waals surface area contributed by atoms with Crippen molar-refractivity contribution in [3.63, 3.8) is 0 Å². The van der Waals surface area contributed by atoms with Gasteiger partial charge in [-0.25, -0.2) is 4.39 Å². The molecule has 2 atom stereocenters. The molecular formula is C13H25FO2S. The molecule has 0 aromatic rings. The standard InChI is InChI=1S/C13H25FO2S/c1-4-7-11(14)9-6-10-17-12(8-5-2)13(15)16-3/h11-12H,4-10H2,1-3H3. The molecule has 0 aliphatic rings. The summed E-state index contributed by atoms with van der Waals surface area (Å²) in [6, 6.07) is 0. The highest BCUT2D eigenvalue weighted by atomic mass is 32.2. The van der Waals surface area contributed by atoms with Crippen LogP contribution in [0.4, 0.5) is 4.39 Å². The molecule has 0 aromatic carbocycles. The first-order chi connectivity index (χ1) is 8.15. The van der Waals surface area contributed by atoms with Gasteiger partial charge in [-0.15, -0.1) is 11.8 Å². The molecule has 0 saturated carbocycles. The third kappa shape index (κ3) is 8.47. The number of thioether (sulfide) groups is 1. The minimum absolute atomic E-state index is 0.0748. The van der Waals surface area contributed by atoms with Crippen LogP contribution in [0.5, 0.6) is 0 Å². The molecule has 0 aliphatic heterocycles. The van der Waals surface area contributed by atoms with E-state index in [9.17, 15) is 9.18 Å². The summed E-state index contributed by atoms with van der Waals surface area (Å²) in [7, 11) is 1.42. The first-order valence-corrected chi connectivity index (χ1v) is 7.54. The highest BCUT2D eigenvalue weighted by Gasteiger charge is 2.18. The number of hydrogen-bond donors (Lipinski definition) is 0. The summed E-state index contributed by atoms with van der Waals surface area (Å²) in [6.45, 7) is 4.05. The van der Waals surface area contributed by atoms with E-state index in [2.05, 4.69) is 6.92 Å². The number of carbonyl (C=O) groups excluding carboxylic acids is 1. The van der Waals surface area contributed by atoms with E-state index in [1.54, 1.807) is 11.8 Å². The van der Waals surface area contributed by atoms with E-state index >= 15 is 0 Å². The van der Waals surface area contributed by atoms with Crippen molar-refractivity contribution in [1.82, 2.24) is 0 Å². The fourth-order valence-electron chi connectivity index (χ4n) is 1.65. The van der Waals surface area contributed by atoms with Crippen molar-refractivity contribution in [3.8, 4) is 0 Å². The monoisotopic (exact) mass is 264 g/mol. The molecule has 0 heterocycles. The number of alkyl halides is 1. The molecule has 0 aliphatic carbocycles. The van der Waals surface area contributed by atoms with Crippen molar-refractivity contribution in [2.75, 3.05) is 12.9 Å². The van der Waals surface area contributed by atoms with Crippen LogP contribution in [0.1, 0.15) is 52.4 Å². The zero-order valence-corrected chi connectivity index (χ0v) is 12.0. The minimum atomic E-state index is -0.677. The minimum Gasteiger partial charge on any atom is -0.468 e. The van der Waals surface area contributed by atoms with E-state index in [0.29, 0.717) is 12.8 Å². The van der Waals surface area contributed by atoms with E-state index in [1.165, 1.54) is 7.11 Å². The van der Waals surface area contributed by atoms with Crippen molar-refractivity contribution >= 4 is 17.7 Å². The van der Waals surface area contributed by atoms with Gasteiger partial charge >= 0.3 is 5.97 Å². The molecule has 0 rings (SSSR count). The SMILES string of the molecule is CCCC(F)CCCSC(CCC)C(=O)OC. The molecule has 0 saturated heterocycles. The summed E-state index contributed by atoms with van der Waals surface area (Å²) in [5.41, 5.74) is 0. The zero-order valence-electron chi connectivity index (χ0n) is 11.2. The number of carbonyl (C=O) groups is 1. The molecule has 0 amide bonds. The van der Waals surface area contributed by atoms with Crippen LogP contribution in [0.3, 0.4) is 0 Å². The van der Waals surface area contributed by atoms with E-state index < -0.39 is 6.17 Å². The van der Waals surface area contributed by atoms with Gasteiger partial charge in [0.2, 0.25) is 0 Å². The lowest BCUT2D eigenvalue weighted by Gasteiger charge is -2.13. The Labute approximate surface area is 109 Å². The van der Waals surface area contributed by atoms with Crippen LogP contribution in [0.2, 0.25) is 0 Å². The second kappa shape index (κ2) is 10.9. The third-order valence-corrected chi connectivity index (χ3v) is 3.95. The van der Waals surface area contributed by atoms with Gasteiger partial charge in [-0.3, -0.25) is 4.79 Å². The highest BCUT2D eigenvalue weighted by Crippen LogP contribution is 2.20. The molecule has 17 heavy (non-hydrogen) atoms. The van der Waals surface area contributed by atoms with Gasteiger partial charge in [0.15, 0.2) is 0 Å². The highest BCUT2D eigenvalue weighted by molar-refractivity contribution is 8.00. The topological polar surface area (TPSA) is 26.3 Å². The predicted molar refractivity (Wildman–Crippen MR) is 72.2 cm³/mol. The summed E-state index contributed by atoms with van der Waals surface area (Å²) in [6.07, 6.45) is 4.13. The first-order valence-electron chi connectivity index (χ1n) is 6.49. The molecule has 0 fully saturated rings. The van der Waals surface area contributed by atoms with Gasteiger partial charge in [-0.1, -0.05) is 26.7 Å². The first kappa shape index (κ1) is 16.8. The summed E-state index contributed by atoms with van der Waals surface area (Å²) < 4.78 is 17.9. The van der Waals surface area contributed by atoms with Crippen molar-refractivity contribution in [1.29, 1.82) is 0 Å². The Hall–Kier alpha value is -0.250.